The van der Waals surface area contributed by atoms with Crippen LogP contribution in [0.25, 0.3) is 0 Å². The highest BCUT2D eigenvalue weighted by atomic mass is 35.5. The Balaban J connectivity index is 2.49. The van der Waals surface area contributed by atoms with Crippen LogP contribution in [0.15, 0.2) is 35.2 Å². The van der Waals surface area contributed by atoms with Crippen LogP contribution in [0, 0.1) is 0 Å². The summed E-state index contributed by atoms with van der Waals surface area (Å²) < 4.78 is 38.4. The number of sulfonamides is 1. The van der Waals surface area contributed by atoms with E-state index in [1.807, 2.05) is 27.9 Å². The van der Waals surface area contributed by atoms with Gasteiger partial charge in [0, 0.05) is 32.7 Å². The minimum Gasteiger partial charge on any atom is -0.493 e. The minimum absolute atomic E-state index is 0.100. The highest BCUT2D eigenvalue weighted by Gasteiger charge is 2.24. The monoisotopic (exact) mass is 497 g/mol. The van der Waals surface area contributed by atoms with Gasteiger partial charge in [-0.25, -0.2) is 8.42 Å². The predicted octanol–water partition coefficient (Wildman–Crippen LogP) is 4.48. The molecule has 2 aromatic carbocycles. The maximum absolute atomic E-state index is 13.1. The van der Waals surface area contributed by atoms with Crippen LogP contribution < -0.4 is 19.7 Å². The molecule has 33 heavy (non-hydrogen) atoms. The average molecular weight is 498 g/mol. The number of carbonyl (C=O) groups is 1. The van der Waals surface area contributed by atoms with E-state index in [4.69, 9.17) is 21.1 Å². The van der Waals surface area contributed by atoms with Crippen LogP contribution in [-0.4, -0.2) is 59.0 Å². The Morgan fingerprint density at radius 2 is 1.76 bits per heavy atom. The van der Waals surface area contributed by atoms with Crippen LogP contribution in [0.1, 0.15) is 38.1 Å². The van der Waals surface area contributed by atoms with Gasteiger partial charge in [-0.2, -0.15) is 4.31 Å². The second kappa shape index (κ2) is 11.1. The molecule has 0 unspecified atom stereocenters. The quantitative estimate of drug-likeness (QED) is 0.520. The van der Waals surface area contributed by atoms with Crippen molar-refractivity contribution in [1.29, 1.82) is 0 Å². The topological polar surface area (TPSA) is 88.2 Å². The second-order valence-electron chi connectivity index (χ2n) is 7.77. The van der Waals surface area contributed by atoms with Crippen molar-refractivity contribution >= 4 is 38.9 Å². The number of anilines is 2. The van der Waals surface area contributed by atoms with E-state index < -0.39 is 15.9 Å². The van der Waals surface area contributed by atoms with E-state index in [-0.39, 0.29) is 21.6 Å². The van der Waals surface area contributed by atoms with Gasteiger partial charge in [-0.1, -0.05) is 25.4 Å². The molecule has 10 heteroatoms. The lowest BCUT2D eigenvalue weighted by Crippen LogP contribution is -2.30. The van der Waals surface area contributed by atoms with Crippen LogP contribution in [0.4, 0.5) is 11.4 Å². The number of nitrogens with zero attached hydrogens (tertiary/aromatic N) is 2. The van der Waals surface area contributed by atoms with Crippen molar-refractivity contribution in [3.63, 3.8) is 0 Å². The van der Waals surface area contributed by atoms with Gasteiger partial charge in [0.1, 0.15) is 0 Å². The molecule has 0 aromatic heterocycles. The number of rotatable bonds is 10. The molecule has 0 bridgehead atoms. The highest BCUT2D eigenvalue weighted by molar-refractivity contribution is 7.89. The summed E-state index contributed by atoms with van der Waals surface area (Å²) in [6.45, 7) is 7.97. The van der Waals surface area contributed by atoms with E-state index in [0.717, 1.165) is 0 Å². The summed E-state index contributed by atoms with van der Waals surface area (Å²) in [6, 6.07) is 7.69. The van der Waals surface area contributed by atoms with Crippen molar-refractivity contribution in [1.82, 2.24) is 4.31 Å². The minimum atomic E-state index is -3.70. The lowest BCUT2D eigenvalue weighted by atomic mass is 10.1. The molecule has 0 spiro atoms. The normalized spacial score (nSPS) is 11.6. The SMILES string of the molecule is CCN(CC)S(=O)(=O)c1ccc(N(C)C)c(NC(=O)c2cc(Cl)c(OC(C)C)c(OC)c2)c1. The van der Waals surface area contributed by atoms with Crippen LogP contribution in [0.3, 0.4) is 0 Å². The van der Waals surface area contributed by atoms with Crippen molar-refractivity contribution in [2.45, 2.75) is 38.7 Å². The third kappa shape index (κ3) is 6.10. The van der Waals surface area contributed by atoms with Gasteiger partial charge in [0.05, 0.1) is 34.5 Å². The Morgan fingerprint density at radius 3 is 2.27 bits per heavy atom. The zero-order valence-electron chi connectivity index (χ0n) is 20.1. The third-order valence-electron chi connectivity index (χ3n) is 4.89. The van der Waals surface area contributed by atoms with Crippen LogP contribution in [0.2, 0.25) is 5.02 Å². The number of halogens is 1. The molecule has 2 rings (SSSR count). The summed E-state index contributed by atoms with van der Waals surface area (Å²) in [5, 5.41) is 3.05. The van der Waals surface area contributed by atoms with Crippen LogP contribution in [0.5, 0.6) is 11.5 Å². The standard InChI is InChI=1S/C23H32ClN3O5S/c1-8-27(9-2)33(29,30)17-10-11-20(26(5)6)19(14-17)25-23(28)16-12-18(24)22(32-15(3)4)21(13-16)31-7/h10-15H,8-9H2,1-7H3,(H,25,28). The zero-order chi connectivity index (χ0) is 24.9. The first-order chi connectivity index (χ1) is 15.5. The largest absolute Gasteiger partial charge is 0.493 e. The predicted molar refractivity (Wildman–Crippen MR) is 133 cm³/mol. The smallest absolute Gasteiger partial charge is 0.255 e. The zero-order valence-corrected chi connectivity index (χ0v) is 21.7. The summed E-state index contributed by atoms with van der Waals surface area (Å²) in [7, 11) is 1.38. The van der Waals surface area contributed by atoms with Gasteiger partial charge in [-0.05, 0) is 44.2 Å². The molecule has 0 aliphatic heterocycles. The second-order valence-corrected chi connectivity index (χ2v) is 10.1. The molecule has 0 heterocycles. The van der Waals surface area contributed by atoms with Gasteiger partial charge in [-0.15, -0.1) is 0 Å². The number of ether oxygens (including phenoxy) is 2. The van der Waals surface area contributed by atoms with Crippen molar-refractivity contribution in [2.24, 2.45) is 0 Å². The van der Waals surface area contributed by atoms with Gasteiger partial charge in [0.15, 0.2) is 11.5 Å². The van der Waals surface area contributed by atoms with E-state index in [0.29, 0.717) is 36.0 Å². The maximum Gasteiger partial charge on any atom is 0.255 e. The number of hydrogen-bond donors (Lipinski definition) is 1. The molecular weight excluding hydrogens is 466 g/mol. The molecule has 1 amide bonds. The molecule has 182 valence electrons. The Bertz CT molecular complexity index is 1100. The first-order valence-corrected chi connectivity index (χ1v) is 12.4. The number of amides is 1. The van der Waals surface area contributed by atoms with Gasteiger partial charge in [0.2, 0.25) is 10.0 Å². The van der Waals surface area contributed by atoms with Crippen molar-refractivity contribution in [3.8, 4) is 11.5 Å². The van der Waals surface area contributed by atoms with Crippen molar-refractivity contribution in [2.75, 3.05) is 44.5 Å². The van der Waals surface area contributed by atoms with E-state index in [1.165, 1.54) is 35.7 Å². The van der Waals surface area contributed by atoms with E-state index in [2.05, 4.69) is 5.32 Å². The Labute approximate surface area is 201 Å². The third-order valence-corrected chi connectivity index (χ3v) is 7.21. The summed E-state index contributed by atoms with van der Waals surface area (Å²) in [4.78, 5) is 15.0. The van der Waals surface area contributed by atoms with Crippen LogP contribution >= 0.6 is 11.6 Å². The fourth-order valence-corrected chi connectivity index (χ4v) is 5.01. The Morgan fingerprint density at radius 1 is 1.12 bits per heavy atom. The molecule has 0 aliphatic carbocycles. The molecule has 8 nitrogen and oxygen atoms in total. The number of benzene rings is 2. The summed E-state index contributed by atoms with van der Waals surface area (Å²) in [5.41, 5.74) is 1.25. The average Bonchev–Trinajstić information content (AvgIpc) is 2.75. The number of carbonyl (C=O) groups excluding carboxylic acids is 1. The molecule has 0 fully saturated rings. The van der Waals surface area contributed by atoms with Gasteiger partial charge in [-0.3, -0.25) is 4.79 Å². The van der Waals surface area contributed by atoms with E-state index >= 15 is 0 Å². The van der Waals surface area contributed by atoms with Gasteiger partial charge in [0.25, 0.3) is 5.91 Å². The summed E-state index contributed by atoms with van der Waals surface area (Å²) >= 11 is 6.36. The molecular formula is C23H32ClN3O5S. The van der Waals surface area contributed by atoms with Gasteiger partial charge >= 0.3 is 0 Å². The van der Waals surface area contributed by atoms with E-state index in [9.17, 15) is 13.2 Å². The molecule has 2 aromatic rings. The molecule has 0 saturated carbocycles. The maximum atomic E-state index is 13.1. The molecule has 1 N–H and O–H groups in total. The summed E-state index contributed by atoms with van der Waals surface area (Å²) in [5.74, 6) is 0.214. The summed E-state index contributed by atoms with van der Waals surface area (Å²) in [6.07, 6.45) is -0.130. The van der Waals surface area contributed by atoms with Gasteiger partial charge < -0.3 is 19.7 Å². The van der Waals surface area contributed by atoms with Crippen molar-refractivity contribution in [3.05, 3.63) is 40.9 Å². The van der Waals surface area contributed by atoms with Crippen molar-refractivity contribution < 1.29 is 22.7 Å². The van der Waals surface area contributed by atoms with Crippen LogP contribution in [-0.2, 0) is 10.0 Å². The molecule has 0 radical (unpaired) electrons. The number of methoxy groups -OCH3 is 1. The first-order valence-electron chi connectivity index (χ1n) is 10.6. The molecule has 0 atom stereocenters. The lowest BCUT2D eigenvalue weighted by Gasteiger charge is -2.22. The fraction of sp³-hybridized carbons (Fsp3) is 0.435. The molecule has 0 aliphatic rings. The first kappa shape index (κ1) is 26.8. The Kier molecular flexibility index (Phi) is 8.99. The lowest BCUT2D eigenvalue weighted by molar-refractivity contribution is 0.102. The van der Waals surface area contributed by atoms with E-state index in [1.54, 1.807) is 24.8 Å². The number of nitrogens with one attached hydrogen (secondary N) is 1. The fourth-order valence-electron chi connectivity index (χ4n) is 3.27. The molecule has 0 saturated heterocycles. The highest BCUT2D eigenvalue weighted by Crippen LogP contribution is 2.37. The Hall–Kier alpha value is -2.49. The number of hydrogen-bond acceptors (Lipinski definition) is 6.